The third-order valence-corrected chi connectivity index (χ3v) is 4.06. The highest BCUT2D eigenvalue weighted by atomic mass is 16.4. The van der Waals surface area contributed by atoms with Gasteiger partial charge in [0.1, 0.15) is 6.04 Å². The molecule has 0 aliphatic rings. The number of aromatic nitrogens is 1. The summed E-state index contributed by atoms with van der Waals surface area (Å²) in [5.41, 5.74) is 1.08. The minimum atomic E-state index is -0.978. The highest BCUT2D eigenvalue weighted by Gasteiger charge is 2.24. The number of fused-ring (bicyclic) bond motifs is 1. The molecule has 2 N–H and O–H groups in total. The van der Waals surface area contributed by atoms with E-state index >= 15 is 0 Å². The zero-order chi connectivity index (χ0) is 16.1. The van der Waals surface area contributed by atoms with E-state index in [-0.39, 0.29) is 18.2 Å². The number of rotatable bonds is 7. The van der Waals surface area contributed by atoms with Crippen molar-refractivity contribution < 1.29 is 14.7 Å². The van der Waals surface area contributed by atoms with Crippen LogP contribution in [0.4, 0.5) is 0 Å². The number of hydrogen-bond donors (Lipinski definition) is 2. The van der Waals surface area contributed by atoms with Crippen molar-refractivity contribution in [3.63, 3.8) is 0 Å². The molecule has 1 aromatic heterocycles. The van der Waals surface area contributed by atoms with Crippen LogP contribution in [0.5, 0.6) is 0 Å². The lowest BCUT2D eigenvalue weighted by molar-refractivity contribution is -0.143. The van der Waals surface area contributed by atoms with E-state index in [1.807, 2.05) is 54.9 Å². The zero-order valence-corrected chi connectivity index (χ0v) is 13.0. The van der Waals surface area contributed by atoms with Crippen molar-refractivity contribution >= 4 is 22.8 Å². The standard InChI is InChI=1S/C17H22N2O3/c1-3-12(2)16(17(21)22)18-15(20)9-11-19-10-8-13-6-4-5-7-14(13)19/h4-8,10,12,16H,3,9,11H2,1-2H3,(H,18,20)(H,21,22)/t12-,16+/m0/s1. The molecule has 22 heavy (non-hydrogen) atoms. The highest BCUT2D eigenvalue weighted by Crippen LogP contribution is 2.15. The second-order valence-corrected chi connectivity index (χ2v) is 5.59. The van der Waals surface area contributed by atoms with Gasteiger partial charge < -0.3 is 15.0 Å². The Morgan fingerprint density at radius 2 is 2.00 bits per heavy atom. The number of carboxylic acid groups (broad SMARTS) is 1. The van der Waals surface area contributed by atoms with E-state index in [4.69, 9.17) is 0 Å². The van der Waals surface area contributed by atoms with Crippen LogP contribution in [0.15, 0.2) is 36.5 Å². The molecule has 0 saturated carbocycles. The van der Waals surface area contributed by atoms with Gasteiger partial charge in [-0.2, -0.15) is 0 Å². The number of aliphatic carboxylic acids is 1. The maximum absolute atomic E-state index is 12.0. The molecular weight excluding hydrogens is 280 g/mol. The van der Waals surface area contributed by atoms with Gasteiger partial charge in [0, 0.05) is 24.7 Å². The summed E-state index contributed by atoms with van der Waals surface area (Å²) in [6, 6.07) is 9.15. The Morgan fingerprint density at radius 3 is 2.68 bits per heavy atom. The monoisotopic (exact) mass is 302 g/mol. The first-order valence-corrected chi connectivity index (χ1v) is 7.59. The molecule has 1 aromatic carbocycles. The quantitative estimate of drug-likeness (QED) is 0.826. The van der Waals surface area contributed by atoms with Crippen LogP contribution in [0.25, 0.3) is 10.9 Å². The summed E-state index contributed by atoms with van der Waals surface area (Å²) < 4.78 is 2.01. The summed E-state index contributed by atoms with van der Waals surface area (Å²) in [4.78, 5) is 23.2. The van der Waals surface area contributed by atoms with Gasteiger partial charge in [0.2, 0.25) is 5.91 Å². The molecule has 0 radical (unpaired) electrons. The number of hydrogen-bond acceptors (Lipinski definition) is 2. The Morgan fingerprint density at radius 1 is 1.27 bits per heavy atom. The Hall–Kier alpha value is -2.30. The molecule has 0 spiro atoms. The Kier molecular flexibility index (Phi) is 5.20. The van der Waals surface area contributed by atoms with Crippen molar-refractivity contribution in [2.24, 2.45) is 5.92 Å². The van der Waals surface area contributed by atoms with Gasteiger partial charge in [0.25, 0.3) is 0 Å². The fourth-order valence-corrected chi connectivity index (χ4v) is 2.49. The van der Waals surface area contributed by atoms with E-state index < -0.39 is 12.0 Å². The van der Waals surface area contributed by atoms with Crippen molar-refractivity contribution in [3.8, 4) is 0 Å². The largest absolute Gasteiger partial charge is 0.480 e. The molecule has 2 rings (SSSR count). The van der Waals surface area contributed by atoms with Crippen LogP contribution in [0, 0.1) is 5.92 Å². The van der Waals surface area contributed by atoms with Gasteiger partial charge in [-0.15, -0.1) is 0 Å². The molecule has 0 aliphatic carbocycles. The molecule has 2 aromatic rings. The number of carbonyl (C=O) groups excluding carboxylic acids is 1. The van der Waals surface area contributed by atoms with Gasteiger partial charge in [-0.25, -0.2) is 4.79 Å². The van der Waals surface area contributed by atoms with Gasteiger partial charge >= 0.3 is 5.97 Å². The summed E-state index contributed by atoms with van der Waals surface area (Å²) in [7, 11) is 0. The fraction of sp³-hybridized carbons (Fsp3) is 0.412. The predicted octanol–water partition coefficient (Wildman–Crippen LogP) is 2.65. The van der Waals surface area contributed by atoms with E-state index in [1.54, 1.807) is 0 Å². The fourth-order valence-electron chi connectivity index (χ4n) is 2.49. The number of aryl methyl sites for hydroxylation is 1. The zero-order valence-electron chi connectivity index (χ0n) is 13.0. The summed E-state index contributed by atoms with van der Waals surface area (Å²) in [5.74, 6) is -1.30. The van der Waals surface area contributed by atoms with Crippen molar-refractivity contribution in [1.82, 2.24) is 9.88 Å². The number of benzene rings is 1. The summed E-state index contributed by atoms with van der Waals surface area (Å²) in [6.07, 6.45) is 2.92. The maximum atomic E-state index is 12.0. The Balaban J connectivity index is 1.96. The van der Waals surface area contributed by atoms with E-state index in [1.165, 1.54) is 0 Å². The molecule has 0 bridgehead atoms. The van der Waals surface area contributed by atoms with Crippen LogP contribution >= 0.6 is 0 Å². The average molecular weight is 302 g/mol. The number of nitrogens with zero attached hydrogens (tertiary/aromatic N) is 1. The number of nitrogens with one attached hydrogen (secondary N) is 1. The van der Waals surface area contributed by atoms with Gasteiger partial charge in [-0.05, 0) is 23.4 Å². The molecule has 1 heterocycles. The molecular formula is C17H22N2O3. The van der Waals surface area contributed by atoms with Crippen molar-refractivity contribution in [3.05, 3.63) is 36.5 Å². The van der Waals surface area contributed by atoms with Crippen LogP contribution in [-0.4, -0.2) is 27.6 Å². The normalized spacial score (nSPS) is 13.7. The van der Waals surface area contributed by atoms with Crippen molar-refractivity contribution in [2.75, 3.05) is 0 Å². The Bertz CT molecular complexity index is 663. The molecule has 0 fully saturated rings. The summed E-state index contributed by atoms with van der Waals surface area (Å²) in [6.45, 7) is 4.28. The van der Waals surface area contributed by atoms with Gasteiger partial charge in [-0.1, -0.05) is 38.5 Å². The summed E-state index contributed by atoms with van der Waals surface area (Å²) in [5, 5.41) is 13.0. The first-order valence-electron chi connectivity index (χ1n) is 7.59. The second-order valence-electron chi connectivity index (χ2n) is 5.59. The van der Waals surface area contributed by atoms with E-state index in [0.29, 0.717) is 13.0 Å². The maximum Gasteiger partial charge on any atom is 0.326 e. The highest BCUT2D eigenvalue weighted by molar-refractivity contribution is 5.84. The SMILES string of the molecule is CC[C@H](C)[C@@H](NC(=O)CCn1ccc2ccccc21)C(=O)O. The number of carboxylic acids is 1. The molecule has 118 valence electrons. The van der Waals surface area contributed by atoms with E-state index in [0.717, 1.165) is 10.9 Å². The first kappa shape index (κ1) is 16.1. The topological polar surface area (TPSA) is 71.3 Å². The minimum absolute atomic E-state index is 0.0890. The molecule has 0 saturated heterocycles. The third-order valence-electron chi connectivity index (χ3n) is 4.06. The number of para-hydroxylation sites is 1. The molecule has 5 nitrogen and oxygen atoms in total. The Labute approximate surface area is 129 Å². The van der Waals surface area contributed by atoms with Crippen LogP contribution in [0.3, 0.4) is 0 Å². The van der Waals surface area contributed by atoms with Gasteiger partial charge in [0.05, 0.1) is 0 Å². The molecule has 5 heteroatoms. The van der Waals surface area contributed by atoms with Crippen LogP contribution in [-0.2, 0) is 16.1 Å². The van der Waals surface area contributed by atoms with Crippen LogP contribution in [0.2, 0.25) is 0 Å². The lowest BCUT2D eigenvalue weighted by atomic mass is 9.99. The van der Waals surface area contributed by atoms with Gasteiger partial charge in [0.15, 0.2) is 0 Å². The van der Waals surface area contributed by atoms with E-state index in [2.05, 4.69) is 5.32 Å². The molecule has 1 amide bonds. The van der Waals surface area contributed by atoms with Crippen LogP contribution < -0.4 is 5.32 Å². The molecule has 0 unspecified atom stereocenters. The number of carbonyl (C=O) groups is 2. The summed E-state index contributed by atoms with van der Waals surface area (Å²) >= 11 is 0. The van der Waals surface area contributed by atoms with Crippen molar-refractivity contribution in [2.45, 2.75) is 39.3 Å². The second kappa shape index (κ2) is 7.11. The third kappa shape index (κ3) is 3.67. The molecule has 2 atom stereocenters. The lowest BCUT2D eigenvalue weighted by Gasteiger charge is -2.20. The molecule has 0 aliphatic heterocycles. The number of amides is 1. The van der Waals surface area contributed by atoms with Gasteiger partial charge in [-0.3, -0.25) is 4.79 Å². The average Bonchev–Trinajstić information content (AvgIpc) is 2.93. The lowest BCUT2D eigenvalue weighted by Crippen LogP contribution is -2.45. The minimum Gasteiger partial charge on any atom is -0.480 e. The van der Waals surface area contributed by atoms with Crippen molar-refractivity contribution in [1.29, 1.82) is 0 Å². The van der Waals surface area contributed by atoms with Crippen LogP contribution in [0.1, 0.15) is 26.7 Å². The predicted molar refractivity (Wildman–Crippen MR) is 85.6 cm³/mol. The first-order chi connectivity index (χ1) is 10.5. The van der Waals surface area contributed by atoms with E-state index in [9.17, 15) is 14.7 Å². The smallest absolute Gasteiger partial charge is 0.326 e.